The molecule has 0 fully saturated rings. The number of nitrogens with zero attached hydrogens (tertiary/aromatic N) is 3. The molecule has 0 spiro atoms. The van der Waals surface area contributed by atoms with Gasteiger partial charge in [-0.25, -0.2) is 4.98 Å². The highest BCUT2D eigenvalue weighted by atomic mass is 32.2. The molecule has 34 heavy (non-hydrogen) atoms. The number of anilines is 1. The van der Waals surface area contributed by atoms with Crippen molar-refractivity contribution in [2.24, 2.45) is 0 Å². The fourth-order valence-corrected chi connectivity index (χ4v) is 4.43. The minimum Gasteiger partial charge on any atom is -0.489 e. The molecule has 0 bridgehead atoms. The normalized spacial score (nSPS) is 10.5. The highest BCUT2D eigenvalue weighted by Gasteiger charge is 2.16. The second kappa shape index (κ2) is 10.7. The molecule has 0 saturated carbocycles. The number of thioether (sulfide) groups is 1. The molecule has 2 heterocycles. The van der Waals surface area contributed by atoms with E-state index in [4.69, 9.17) is 14.5 Å². The van der Waals surface area contributed by atoms with E-state index in [1.807, 2.05) is 38.1 Å². The Hall–Kier alpha value is -4.09. The van der Waals surface area contributed by atoms with Crippen molar-refractivity contribution in [3.63, 3.8) is 0 Å². The third-order valence-corrected chi connectivity index (χ3v) is 6.14. The van der Waals surface area contributed by atoms with E-state index in [1.54, 1.807) is 42.6 Å². The Kier molecular flexibility index (Phi) is 7.25. The van der Waals surface area contributed by atoms with Gasteiger partial charge in [-0.05, 0) is 55.8 Å². The van der Waals surface area contributed by atoms with Crippen molar-refractivity contribution in [3.05, 3.63) is 101 Å². The molecule has 0 aliphatic carbocycles. The van der Waals surface area contributed by atoms with Crippen molar-refractivity contribution in [1.29, 1.82) is 5.26 Å². The van der Waals surface area contributed by atoms with Crippen LogP contribution in [0, 0.1) is 25.2 Å². The summed E-state index contributed by atoms with van der Waals surface area (Å²) in [4.78, 5) is 17.4. The molecule has 0 saturated heterocycles. The largest absolute Gasteiger partial charge is 0.489 e. The van der Waals surface area contributed by atoms with Crippen LogP contribution in [0.2, 0.25) is 0 Å². The number of hydrogen-bond donors (Lipinski definition) is 1. The van der Waals surface area contributed by atoms with Crippen molar-refractivity contribution >= 4 is 23.4 Å². The van der Waals surface area contributed by atoms with E-state index in [2.05, 4.69) is 21.5 Å². The molecule has 1 amide bonds. The number of carbonyl (C=O) groups excluding carboxylic acids is 1. The van der Waals surface area contributed by atoms with Crippen LogP contribution in [0.4, 0.5) is 5.69 Å². The Morgan fingerprint density at radius 1 is 1.15 bits per heavy atom. The molecule has 0 atom stereocenters. The molecule has 0 radical (unpaired) electrons. The van der Waals surface area contributed by atoms with Crippen LogP contribution in [0.25, 0.3) is 0 Å². The molecular formula is C26H22N4O3S. The van der Waals surface area contributed by atoms with E-state index >= 15 is 0 Å². The second-order valence-corrected chi connectivity index (χ2v) is 8.49. The summed E-state index contributed by atoms with van der Waals surface area (Å²) in [5, 5.41) is 16.6. The number of ether oxygens (including phenoxy) is 1. The lowest BCUT2D eigenvalue weighted by Crippen LogP contribution is -2.13. The van der Waals surface area contributed by atoms with Crippen LogP contribution in [0.5, 0.6) is 5.75 Å². The van der Waals surface area contributed by atoms with Crippen molar-refractivity contribution < 1.29 is 14.1 Å². The van der Waals surface area contributed by atoms with Gasteiger partial charge in [-0.2, -0.15) is 5.26 Å². The fraction of sp³-hybridized carbons (Fsp3) is 0.154. The van der Waals surface area contributed by atoms with E-state index in [9.17, 15) is 4.79 Å². The quantitative estimate of drug-likeness (QED) is 0.331. The molecule has 4 aromatic rings. The maximum absolute atomic E-state index is 13.0. The monoisotopic (exact) mass is 470 g/mol. The third-order valence-electron chi connectivity index (χ3n) is 5.10. The van der Waals surface area contributed by atoms with Gasteiger partial charge in [-0.15, -0.1) is 11.8 Å². The molecule has 1 N–H and O–H groups in total. The summed E-state index contributed by atoms with van der Waals surface area (Å²) in [6.45, 7) is 4.09. The molecule has 2 aromatic heterocycles. The van der Waals surface area contributed by atoms with Crippen molar-refractivity contribution in [2.75, 3.05) is 5.32 Å². The summed E-state index contributed by atoms with van der Waals surface area (Å²) >= 11 is 1.46. The standard InChI is InChI=1S/C26H22N4O3S/c1-17-24(18(2)33-30-17)16-34-26-23(10-5-11-28-26)25(31)29-21-8-4-9-22(13-21)32-15-20-7-3-6-19(12-20)14-27/h3-13H,15-16H2,1-2H3,(H,29,31). The van der Waals surface area contributed by atoms with Crippen LogP contribution >= 0.6 is 11.8 Å². The molecule has 0 aliphatic heterocycles. The molecule has 0 aliphatic rings. The van der Waals surface area contributed by atoms with Gasteiger partial charge in [0.25, 0.3) is 5.91 Å². The molecule has 2 aromatic carbocycles. The summed E-state index contributed by atoms with van der Waals surface area (Å²) in [5.74, 6) is 1.73. The maximum atomic E-state index is 13.0. The van der Waals surface area contributed by atoms with E-state index in [1.165, 1.54) is 11.8 Å². The minimum absolute atomic E-state index is 0.256. The number of rotatable bonds is 8. The first kappa shape index (κ1) is 23.1. The van der Waals surface area contributed by atoms with Gasteiger partial charge in [-0.1, -0.05) is 23.4 Å². The fourth-order valence-electron chi connectivity index (χ4n) is 3.29. The number of carbonyl (C=O) groups is 1. The summed E-state index contributed by atoms with van der Waals surface area (Å²) in [5.41, 5.74) is 4.42. The minimum atomic E-state index is -0.256. The lowest BCUT2D eigenvalue weighted by Gasteiger charge is -2.11. The second-order valence-electron chi connectivity index (χ2n) is 7.53. The summed E-state index contributed by atoms with van der Waals surface area (Å²) in [7, 11) is 0. The molecule has 4 rings (SSSR count). The lowest BCUT2D eigenvalue weighted by molar-refractivity contribution is 0.102. The van der Waals surface area contributed by atoms with Crippen LogP contribution in [-0.4, -0.2) is 16.0 Å². The van der Waals surface area contributed by atoms with Gasteiger partial charge >= 0.3 is 0 Å². The first-order valence-electron chi connectivity index (χ1n) is 10.6. The van der Waals surface area contributed by atoms with Gasteiger partial charge in [-0.3, -0.25) is 4.79 Å². The number of nitriles is 1. The Labute approximate surface area is 201 Å². The Bertz CT molecular complexity index is 1340. The predicted octanol–water partition coefficient (Wildman–Crippen LogP) is 5.68. The highest BCUT2D eigenvalue weighted by Crippen LogP contribution is 2.28. The highest BCUT2D eigenvalue weighted by molar-refractivity contribution is 7.98. The molecule has 0 unspecified atom stereocenters. The topological polar surface area (TPSA) is 101 Å². The van der Waals surface area contributed by atoms with Crippen molar-refractivity contribution in [3.8, 4) is 11.8 Å². The number of amides is 1. The first-order chi connectivity index (χ1) is 16.5. The smallest absolute Gasteiger partial charge is 0.258 e. The number of aryl methyl sites for hydroxylation is 2. The predicted molar refractivity (Wildman–Crippen MR) is 130 cm³/mol. The summed E-state index contributed by atoms with van der Waals surface area (Å²) < 4.78 is 11.1. The third kappa shape index (κ3) is 5.63. The van der Waals surface area contributed by atoms with Crippen LogP contribution in [0.3, 0.4) is 0 Å². The number of hydrogen-bond acceptors (Lipinski definition) is 7. The average Bonchev–Trinajstić information content (AvgIpc) is 3.18. The zero-order valence-electron chi connectivity index (χ0n) is 18.7. The Balaban J connectivity index is 1.42. The van der Waals surface area contributed by atoms with Crippen LogP contribution in [0.15, 0.2) is 76.4 Å². The van der Waals surface area contributed by atoms with E-state index < -0.39 is 0 Å². The average molecular weight is 471 g/mol. The Morgan fingerprint density at radius 2 is 2.00 bits per heavy atom. The van der Waals surface area contributed by atoms with Gasteiger partial charge in [0.05, 0.1) is 22.9 Å². The van der Waals surface area contributed by atoms with Crippen molar-refractivity contribution in [2.45, 2.75) is 31.2 Å². The Morgan fingerprint density at radius 3 is 2.79 bits per heavy atom. The zero-order valence-corrected chi connectivity index (χ0v) is 19.6. The van der Waals surface area contributed by atoms with Crippen LogP contribution in [0.1, 0.15) is 38.5 Å². The molecule has 8 heteroatoms. The van der Waals surface area contributed by atoms with Gasteiger partial charge < -0.3 is 14.6 Å². The summed E-state index contributed by atoms with van der Waals surface area (Å²) in [6.07, 6.45) is 1.67. The summed E-state index contributed by atoms with van der Waals surface area (Å²) in [6, 6.07) is 20.1. The maximum Gasteiger partial charge on any atom is 0.258 e. The van der Waals surface area contributed by atoms with E-state index in [0.717, 1.165) is 22.6 Å². The van der Waals surface area contributed by atoms with Crippen molar-refractivity contribution in [1.82, 2.24) is 10.1 Å². The van der Waals surface area contributed by atoms with Crippen LogP contribution in [-0.2, 0) is 12.4 Å². The SMILES string of the molecule is Cc1noc(C)c1CSc1ncccc1C(=O)Nc1cccc(OCc2cccc(C#N)c2)c1. The number of aromatic nitrogens is 2. The lowest BCUT2D eigenvalue weighted by atomic mass is 10.1. The molecule has 170 valence electrons. The van der Waals surface area contributed by atoms with Gasteiger partial charge in [0.2, 0.25) is 0 Å². The molecular weight excluding hydrogens is 448 g/mol. The van der Waals surface area contributed by atoms with Crippen LogP contribution < -0.4 is 10.1 Å². The van der Waals surface area contributed by atoms with E-state index in [0.29, 0.717) is 39.9 Å². The van der Waals surface area contributed by atoms with E-state index in [-0.39, 0.29) is 5.91 Å². The van der Waals surface area contributed by atoms with Gasteiger partial charge in [0.15, 0.2) is 0 Å². The van der Waals surface area contributed by atoms with Gasteiger partial charge in [0, 0.05) is 29.3 Å². The molecule has 7 nitrogen and oxygen atoms in total. The number of benzene rings is 2. The van der Waals surface area contributed by atoms with Gasteiger partial charge in [0.1, 0.15) is 23.1 Å². The first-order valence-corrected chi connectivity index (χ1v) is 11.5. The zero-order chi connectivity index (χ0) is 23.9. The number of nitrogens with one attached hydrogen (secondary N) is 1. The number of pyridine rings is 1.